The van der Waals surface area contributed by atoms with Crippen molar-refractivity contribution < 1.29 is 9.18 Å². The van der Waals surface area contributed by atoms with Gasteiger partial charge in [0.15, 0.2) is 0 Å². The van der Waals surface area contributed by atoms with Crippen LogP contribution in [0.25, 0.3) is 0 Å². The number of aromatic nitrogens is 2. The molecule has 1 aromatic carbocycles. The van der Waals surface area contributed by atoms with Gasteiger partial charge in [-0.3, -0.25) is 4.79 Å². The molecule has 2 aliphatic heterocycles. The second kappa shape index (κ2) is 5.01. The topological polar surface area (TPSA) is 49.3 Å². The van der Waals surface area contributed by atoms with Gasteiger partial charge >= 0.3 is 0 Å². The average molecular weight is 318 g/mol. The minimum Gasteiger partial charge on any atom is -0.346 e. The molecule has 0 aliphatic carbocycles. The van der Waals surface area contributed by atoms with Gasteiger partial charge < -0.3 is 9.80 Å². The monoisotopic (exact) mass is 318 g/mol. The highest BCUT2D eigenvalue weighted by molar-refractivity contribution is 7.13. The number of hydrogen-bond donors (Lipinski definition) is 0. The first-order valence-electron chi connectivity index (χ1n) is 7.22. The number of nitrogens with zero attached hydrogens (tertiary/aromatic N) is 4. The minimum atomic E-state index is -0.312. The predicted molar refractivity (Wildman–Crippen MR) is 82.5 cm³/mol. The lowest BCUT2D eigenvalue weighted by Crippen LogP contribution is -2.31. The maximum Gasteiger partial charge on any atom is 0.227 e. The largest absolute Gasteiger partial charge is 0.346 e. The summed E-state index contributed by atoms with van der Waals surface area (Å²) in [5.41, 5.74) is 2.31. The van der Waals surface area contributed by atoms with E-state index in [4.69, 9.17) is 0 Å². The van der Waals surface area contributed by atoms with Crippen LogP contribution in [0.5, 0.6) is 0 Å². The molecule has 5 nitrogen and oxygen atoms in total. The van der Waals surface area contributed by atoms with E-state index in [9.17, 15) is 9.18 Å². The quantitative estimate of drug-likeness (QED) is 0.852. The van der Waals surface area contributed by atoms with Crippen molar-refractivity contribution in [3.05, 3.63) is 35.6 Å². The fourth-order valence-corrected chi connectivity index (χ4v) is 4.04. The maximum absolute atomic E-state index is 13.4. The zero-order valence-corrected chi connectivity index (χ0v) is 12.7. The summed E-state index contributed by atoms with van der Waals surface area (Å²) < 4.78 is 13.4. The first-order chi connectivity index (χ1) is 10.7. The van der Waals surface area contributed by atoms with Crippen molar-refractivity contribution in [2.45, 2.75) is 12.8 Å². The molecule has 0 saturated carbocycles. The number of hydrogen-bond acceptors (Lipinski definition) is 5. The average Bonchev–Trinajstić information content (AvgIpc) is 3.20. The van der Waals surface area contributed by atoms with Gasteiger partial charge in [-0.1, -0.05) is 17.4 Å². The van der Waals surface area contributed by atoms with Gasteiger partial charge in [0.1, 0.15) is 11.3 Å². The summed E-state index contributed by atoms with van der Waals surface area (Å²) in [7, 11) is 0. The van der Waals surface area contributed by atoms with E-state index in [-0.39, 0.29) is 17.1 Å². The Labute approximate surface area is 131 Å². The van der Waals surface area contributed by atoms with Crippen LogP contribution in [0, 0.1) is 11.2 Å². The Balaban J connectivity index is 1.55. The second-order valence-electron chi connectivity index (χ2n) is 6.03. The van der Waals surface area contributed by atoms with Crippen molar-refractivity contribution >= 4 is 28.1 Å². The van der Waals surface area contributed by atoms with Crippen LogP contribution in [-0.2, 0) is 4.79 Å². The van der Waals surface area contributed by atoms with Gasteiger partial charge in [0.2, 0.25) is 11.0 Å². The van der Waals surface area contributed by atoms with Crippen molar-refractivity contribution in [2.24, 2.45) is 5.41 Å². The Bertz CT molecular complexity index is 707. The van der Waals surface area contributed by atoms with E-state index in [1.54, 1.807) is 22.5 Å². The molecule has 1 aromatic heterocycles. The lowest BCUT2D eigenvalue weighted by Gasteiger charge is -2.23. The number of halogens is 1. The van der Waals surface area contributed by atoms with E-state index < -0.39 is 0 Å². The smallest absolute Gasteiger partial charge is 0.227 e. The standard InChI is InChI=1S/C15H15FN4OS/c16-11-2-1-3-12(6-11)20-9-15(7-13(20)21)4-5-19(8-15)14-18-17-10-22-14/h1-3,6,10H,4-5,7-9H2. The molecule has 0 bridgehead atoms. The number of carbonyl (C=O) groups is 1. The van der Waals surface area contributed by atoms with Crippen molar-refractivity contribution in [2.75, 3.05) is 29.4 Å². The number of amides is 1. The summed E-state index contributed by atoms with van der Waals surface area (Å²) in [5.74, 6) is -0.238. The van der Waals surface area contributed by atoms with Gasteiger partial charge in [0, 0.05) is 37.2 Å². The third-order valence-electron chi connectivity index (χ3n) is 4.50. The summed E-state index contributed by atoms with van der Waals surface area (Å²) in [6, 6.07) is 6.25. The van der Waals surface area contributed by atoms with Crippen LogP contribution in [-0.4, -0.2) is 35.7 Å². The van der Waals surface area contributed by atoms with Crippen LogP contribution in [0.15, 0.2) is 29.8 Å². The van der Waals surface area contributed by atoms with E-state index in [1.165, 1.54) is 23.5 Å². The third kappa shape index (κ3) is 2.25. The number of rotatable bonds is 2. The lowest BCUT2D eigenvalue weighted by atomic mass is 9.86. The van der Waals surface area contributed by atoms with Crippen LogP contribution in [0.1, 0.15) is 12.8 Å². The molecule has 22 heavy (non-hydrogen) atoms. The predicted octanol–water partition coefficient (Wildman–Crippen LogP) is 2.31. The summed E-state index contributed by atoms with van der Waals surface area (Å²) >= 11 is 1.52. The van der Waals surface area contributed by atoms with E-state index >= 15 is 0 Å². The highest BCUT2D eigenvalue weighted by Crippen LogP contribution is 2.43. The van der Waals surface area contributed by atoms with Crippen LogP contribution in [0.2, 0.25) is 0 Å². The van der Waals surface area contributed by atoms with E-state index in [1.807, 2.05) is 0 Å². The molecule has 2 saturated heterocycles. The molecule has 1 unspecified atom stereocenters. The molecule has 114 valence electrons. The fraction of sp³-hybridized carbons (Fsp3) is 0.400. The van der Waals surface area contributed by atoms with Crippen LogP contribution in [0.3, 0.4) is 0 Å². The third-order valence-corrected chi connectivity index (χ3v) is 5.25. The molecule has 2 fully saturated rings. The van der Waals surface area contributed by atoms with Gasteiger partial charge in [0.05, 0.1) is 0 Å². The van der Waals surface area contributed by atoms with E-state index in [2.05, 4.69) is 15.1 Å². The van der Waals surface area contributed by atoms with Gasteiger partial charge in [-0.05, 0) is 24.6 Å². The van der Waals surface area contributed by atoms with Crippen molar-refractivity contribution in [3.63, 3.8) is 0 Å². The molecular weight excluding hydrogens is 303 g/mol. The number of anilines is 2. The molecule has 0 N–H and O–H groups in total. The summed E-state index contributed by atoms with van der Waals surface area (Å²) in [5, 5.41) is 8.89. The van der Waals surface area contributed by atoms with Gasteiger partial charge in [0.25, 0.3) is 0 Å². The molecule has 4 rings (SSSR count). The van der Waals surface area contributed by atoms with Crippen LogP contribution in [0.4, 0.5) is 15.2 Å². The molecule has 0 radical (unpaired) electrons. The molecule has 2 aliphatic rings. The highest BCUT2D eigenvalue weighted by atomic mass is 32.1. The fourth-order valence-electron chi connectivity index (χ4n) is 3.45. The molecule has 1 amide bonds. The highest BCUT2D eigenvalue weighted by Gasteiger charge is 2.48. The number of benzene rings is 1. The first-order valence-corrected chi connectivity index (χ1v) is 8.10. The van der Waals surface area contributed by atoms with Crippen molar-refractivity contribution in [1.29, 1.82) is 0 Å². The second-order valence-corrected chi connectivity index (χ2v) is 6.84. The van der Waals surface area contributed by atoms with Gasteiger partial charge in [-0.25, -0.2) is 4.39 Å². The molecule has 2 aromatic rings. The molecule has 1 atom stereocenters. The summed E-state index contributed by atoms with van der Waals surface area (Å²) in [6.07, 6.45) is 1.46. The zero-order valence-electron chi connectivity index (χ0n) is 11.9. The molecule has 3 heterocycles. The molecule has 1 spiro atoms. The van der Waals surface area contributed by atoms with Crippen molar-refractivity contribution in [3.8, 4) is 0 Å². The maximum atomic E-state index is 13.4. The first kappa shape index (κ1) is 13.6. The Hall–Kier alpha value is -2.02. The lowest BCUT2D eigenvalue weighted by molar-refractivity contribution is -0.117. The number of carbonyl (C=O) groups excluding carboxylic acids is 1. The summed E-state index contributed by atoms with van der Waals surface area (Å²) in [6.45, 7) is 2.34. The van der Waals surface area contributed by atoms with Crippen LogP contribution >= 0.6 is 11.3 Å². The Morgan fingerprint density at radius 1 is 1.32 bits per heavy atom. The zero-order chi connectivity index (χ0) is 15.2. The Morgan fingerprint density at radius 3 is 3.00 bits per heavy atom. The van der Waals surface area contributed by atoms with Crippen molar-refractivity contribution in [1.82, 2.24) is 10.2 Å². The minimum absolute atomic E-state index is 0.0604. The van der Waals surface area contributed by atoms with Crippen LogP contribution < -0.4 is 9.80 Å². The SMILES string of the molecule is O=C1CC2(CCN(c3nncs3)C2)CN1c1cccc(F)c1. The van der Waals surface area contributed by atoms with Gasteiger partial charge in [-0.15, -0.1) is 10.2 Å². The summed E-state index contributed by atoms with van der Waals surface area (Å²) in [4.78, 5) is 16.3. The van der Waals surface area contributed by atoms with Gasteiger partial charge in [-0.2, -0.15) is 0 Å². The van der Waals surface area contributed by atoms with E-state index in [0.717, 1.165) is 24.6 Å². The Morgan fingerprint density at radius 2 is 2.23 bits per heavy atom. The van der Waals surface area contributed by atoms with E-state index in [0.29, 0.717) is 18.7 Å². The Kier molecular flexibility index (Phi) is 3.11. The molecular formula is C15H15FN4OS. The molecule has 7 heteroatoms. The normalized spacial score (nSPS) is 24.7.